The Balaban J connectivity index is 2.30. The molecule has 0 aliphatic heterocycles. The molecule has 0 heterocycles. The molecule has 0 atom stereocenters. The largest absolute Gasteiger partial charge is 0.389 e. The molecule has 2 heteroatoms. The van der Waals surface area contributed by atoms with Gasteiger partial charge in [0.2, 0.25) is 0 Å². The lowest BCUT2D eigenvalue weighted by molar-refractivity contribution is 0.0702. The van der Waals surface area contributed by atoms with Gasteiger partial charge in [0.15, 0.2) is 0 Å². The second kappa shape index (κ2) is 3.35. The first-order valence-electron chi connectivity index (χ1n) is 4.89. The zero-order valence-corrected chi connectivity index (χ0v) is 8.48. The van der Waals surface area contributed by atoms with Crippen LogP contribution in [0.2, 0.25) is 0 Å². The molecule has 12 heavy (non-hydrogen) atoms. The lowest BCUT2D eigenvalue weighted by Gasteiger charge is -2.29. The van der Waals surface area contributed by atoms with Gasteiger partial charge in [0.1, 0.15) is 0 Å². The summed E-state index contributed by atoms with van der Waals surface area (Å²) in [5.74, 6) is 0. The maximum absolute atomic E-state index is 9.53. The normalized spacial score (nSPS) is 23.0. The van der Waals surface area contributed by atoms with Crippen molar-refractivity contribution in [3.63, 3.8) is 0 Å². The molecule has 72 valence electrons. The summed E-state index contributed by atoms with van der Waals surface area (Å²) in [4.78, 5) is 0. The lowest BCUT2D eigenvalue weighted by atomic mass is 9.99. The van der Waals surface area contributed by atoms with Gasteiger partial charge in [-0.25, -0.2) is 0 Å². The number of nitrogens with one attached hydrogen (secondary N) is 1. The molecule has 2 N–H and O–H groups in total. The lowest BCUT2D eigenvalue weighted by Crippen LogP contribution is -2.46. The van der Waals surface area contributed by atoms with Crippen molar-refractivity contribution in [2.75, 3.05) is 6.54 Å². The highest BCUT2D eigenvalue weighted by molar-refractivity contribution is 4.89. The van der Waals surface area contributed by atoms with Crippen LogP contribution in [0, 0.1) is 0 Å². The quantitative estimate of drug-likeness (QED) is 0.677. The van der Waals surface area contributed by atoms with Gasteiger partial charge in [-0.2, -0.15) is 0 Å². The van der Waals surface area contributed by atoms with Gasteiger partial charge in [0.25, 0.3) is 0 Å². The van der Waals surface area contributed by atoms with Gasteiger partial charge >= 0.3 is 0 Å². The van der Waals surface area contributed by atoms with Crippen molar-refractivity contribution in [3.8, 4) is 0 Å². The molecule has 2 nitrogen and oxygen atoms in total. The molecule has 1 saturated carbocycles. The maximum atomic E-state index is 9.53. The summed E-state index contributed by atoms with van der Waals surface area (Å²) in [6, 6.07) is 0. The first-order chi connectivity index (χ1) is 5.41. The topological polar surface area (TPSA) is 32.3 Å². The zero-order chi connectivity index (χ0) is 9.24. The second-order valence-electron chi connectivity index (χ2n) is 4.93. The van der Waals surface area contributed by atoms with Crippen LogP contribution in [-0.4, -0.2) is 22.8 Å². The van der Waals surface area contributed by atoms with Gasteiger partial charge in [-0.1, -0.05) is 12.8 Å². The van der Waals surface area contributed by atoms with Gasteiger partial charge in [-0.05, 0) is 33.6 Å². The van der Waals surface area contributed by atoms with E-state index in [0.29, 0.717) is 12.1 Å². The van der Waals surface area contributed by atoms with Gasteiger partial charge < -0.3 is 10.4 Å². The fourth-order valence-electron chi connectivity index (χ4n) is 1.76. The molecule has 1 aliphatic rings. The van der Waals surface area contributed by atoms with Gasteiger partial charge in [-0.15, -0.1) is 0 Å². The molecule has 0 radical (unpaired) electrons. The number of hydrogen-bond donors (Lipinski definition) is 2. The van der Waals surface area contributed by atoms with Crippen molar-refractivity contribution < 1.29 is 5.11 Å². The third kappa shape index (κ3) is 3.11. The fourth-order valence-corrected chi connectivity index (χ4v) is 1.76. The van der Waals surface area contributed by atoms with Crippen molar-refractivity contribution in [1.82, 2.24) is 5.32 Å². The Bertz CT molecular complexity index is 142. The molecule has 0 bridgehead atoms. The van der Waals surface area contributed by atoms with Crippen molar-refractivity contribution in [1.29, 1.82) is 0 Å². The summed E-state index contributed by atoms with van der Waals surface area (Å²) in [6.07, 6.45) is 5.16. The minimum Gasteiger partial charge on any atom is -0.389 e. The van der Waals surface area contributed by atoms with Crippen LogP contribution >= 0.6 is 0 Å². The Hall–Kier alpha value is -0.0800. The van der Waals surface area contributed by atoms with Crippen LogP contribution in [0.15, 0.2) is 0 Å². The number of β-amino-alcohol motifs (C(OH)–C–C–N with tert-alkyl or cyclic N) is 1. The van der Waals surface area contributed by atoms with Crippen molar-refractivity contribution in [2.45, 2.75) is 57.6 Å². The van der Waals surface area contributed by atoms with E-state index < -0.39 is 5.60 Å². The van der Waals surface area contributed by atoms with Crippen molar-refractivity contribution >= 4 is 0 Å². The monoisotopic (exact) mass is 171 g/mol. The molecule has 0 spiro atoms. The molecule has 0 aromatic carbocycles. The fraction of sp³-hybridized carbons (Fsp3) is 1.00. The number of rotatable bonds is 3. The van der Waals surface area contributed by atoms with E-state index in [-0.39, 0.29) is 0 Å². The Labute approximate surface area is 75.4 Å². The maximum Gasteiger partial charge on any atom is 0.0715 e. The van der Waals surface area contributed by atoms with Gasteiger partial charge in [-0.3, -0.25) is 0 Å². The summed E-state index contributed by atoms with van der Waals surface area (Å²) >= 11 is 0. The van der Waals surface area contributed by atoms with E-state index in [1.807, 2.05) is 13.8 Å². The zero-order valence-electron chi connectivity index (χ0n) is 8.48. The van der Waals surface area contributed by atoms with E-state index >= 15 is 0 Å². The summed E-state index contributed by atoms with van der Waals surface area (Å²) < 4.78 is 0. The van der Waals surface area contributed by atoms with Gasteiger partial charge in [0, 0.05) is 12.1 Å². The molecular formula is C10H21NO. The third-order valence-electron chi connectivity index (χ3n) is 2.65. The second-order valence-corrected chi connectivity index (χ2v) is 4.93. The van der Waals surface area contributed by atoms with E-state index in [4.69, 9.17) is 0 Å². The van der Waals surface area contributed by atoms with Crippen LogP contribution in [0.25, 0.3) is 0 Å². The Morgan fingerprint density at radius 2 is 1.83 bits per heavy atom. The predicted octanol–water partition coefficient (Wildman–Crippen LogP) is 1.68. The predicted molar refractivity (Wildman–Crippen MR) is 51.2 cm³/mol. The molecule has 1 rings (SSSR count). The molecular weight excluding hydrogens is 150 g/mol. The minimum atomic E-state index is -0.578. The van der Waals surface area contributed by atoms with E-state index in [0.717, 1.165) is 0 Å². The van der Waals surface area contributed by atoms with Crippen LogP contribution in [0.1, 0.15) is 46.5 Å². The molecule has 0 saturated heterocycles. The Morgan fingerprint density at radius 1 is 1.33 bits per heavy atom. The highest BCUT2D eigenvalue weighted by atomic mass is 16.3. The number of hydrogen-bond acceptors (Lipinski definition) is 2. The highest BCUT2D eigenvalue weighted by Gasteiger charge is 2.29. The smallest absolute Gasteiger partial charge is 0.0715 e. The van der Waals surface area contributed by atoms with E-state index in [1.165, 1.54) is 25.7 Å². The molecule has 0 unspecified atom stereocenters. The molecule has 1 aliphatic carbocycles. The van der Waals surface area contributed by atoms with E-state index in [1.54, 1.807) is 0 Å². The highest BCUT2D eigenvalue weighted by Crippen LogP contribution is 2.28. The third-order valence-corrected chi connectivity index (χ3v) is 2.65. The summed E-state index contributed by atoms with van der Waals surface area (Å²) in [6.45, 7) is 6.64. The van der Waals surface area contributed by atoms with Crippen molar-refractivity contribution in [3.05, 3.63) is 0 Å². The Kier molecular flexibility index (Phi) is 2.79. The molecule has 0 aromatic rings. The van der Waals surface area contributed by atoms with E-state index in [2.05, 4.69) is 12.2 Å². The molecule has 1 fully saturated rings. The van der Waals surface area contributed by atoms with Gasteiger partial charge in [0.05, 0.1) is 5.60 Å². The SMILES string of the molecule is CC(C)(O)CNC1(C)CCCC1. The van der Waals surface area contributed by atoms with Crippen molar-refractivity contribution in [2.24, 2.45) is 0 Å². The minimum absolute atomic E-state index is 0.292. The summed E-state index contributed by atoms with van der Waals surface area (Å²) in [7, 11) is 0. The van der Waals surface area contributed by atoms with Crippen LogP contribution in [-0.2, 0) is 0 Å². The summed E-state index contributed by atoms with van der Waals surface area (Å²) in [5.41, 5.74) is -0.286. The van der Waals surface area contributed by atoms with Crippen LogP contribution < -0.4 is 5.32 Å². The molecule has 0 amide bonds. The van der Waals surface area contributed by atoms with E-state index in [9.17, 15) is 5.11 Å². The first-order valence-corrected chi connectivity index (χ1v) is 4.89. The van der Waals surface area contributed by atoms with Crippen LogP contribution in [0.3, 0.4) is 0 Å². The average Bonchev–Trinajstić information content (AvgIpc) is 2.32. The standard InChI is InChI=1S/C10H21NO/c1-9(2,12)8-11-10(3)6-4-5-7-10/h11-12H,4-8H2,1-3H3. The van der Waals surface area contributed by atoms with Crippen LogP contribution in [0.4, 0.5) is 0 Å². The van der Waals surface area contributed by atoms with Crippen LogP contribution in [0.5, 0.6) is 0 Å². The number of aliphatic hydroxyl groups is 1. The molecule has 0 aromatic heterocycles. The summed E-state index contributed by atoms with van der Waals surface area (Å²) in [5, 5.41) is 13.0. The first kappa shape index (κ1) is 10.0. The average molecular weight is 171 g/mol. The Morgan fingerprint density at radius 3 is 2.25 bits per heavy atom.